The van der Waals surface area contributed by atoms with Crippen LogP contribution in [0.2, 0.25) is 5.02 Å². The van der Waals surface area contributed by atoms with Crippen LogP contribution in [-0.4, -0.2) is 27.8 Å². The summed E-state index contributed by atoms with van der Waals surface area (Å²) < 4.78 is 13.4. The summed E-state index contributed by atoms with van der Waals surface area (Å²) in [5, 5.41) is 8.65. The van der Waals surface area contributed by atoms with Gasteiger partial charge in [-0.05, 0) is 53.9 Å². The summed E-state index contributed by atoms with van der Waals surface area (Å²) in [5.74, 6) is 0.967. The topological polar surface area (TPSA) is 78.3 Å². The fourth-order valence-electron chi connectivity index (χ4n) is 4.82. The molecule has 8 heteroatoms. The lowest BCUT2D eigenvalue weighted by molar-refractivity contribution is 0.0600. The van der Waals surface area contributed by atoms with Crippen LogP contribution >= 0.6 is 11.6 Å². The minimum absolute atomic E-state index is 0.262. The van der Waals surface area contributed by atoms with E-state index < -0.39 is 6.10 Å². The van der Waals surface area contributed by atoms with Gasteiger partial charge < -0.3 is 14.8 Å². The van der Waals surface area contributed by atoms with Gasteiger partial charge in [-0.2, -0.15) is 10.1 Å². The second kappa shape index (κ2) is 8.29. The third kappa shape index (κ3) is 3.47. The van der Waals surface area contributed by atoms with E-state index in [0.29, 0.717) is 22.3 Å². The Balaban J connectivity index is 1.59. The second-order valence-corrected chi connectivity index (χ2v) is 8.93. The zero-order valence-corrected chi connectivity index (χ0v) is 19.8. The molecule has 0 spiro atoms. The molecular formula is C27H21ClN4O3. The molecule has 1 aromatic heterocycles. The lowest BCUT2D eigenvalue weighted by Gasteiger charge is -2.39. The van der Waals surface area contributed by atoms with Crippen molar-refractivity contribution in [3.63, 3.8) is 0 Å². The highest BCUT2D eigenvalue weighted by atomic mass is 35.5. The minimum atomic E-state index is -0.445. The van der Waals surface area contributed by atoms with Gasteiger partial charge in [0.25, 0.3) is 0 Å². The van der Waals surface area contributed by atoms with Crippen LogP contribution in [0.3, 0.4) is 0 Å². The van der Waals surface area contributed by atoms with E-state index in [9.17, 15) is 4.79 Å². The van der Waals surface area contributed by atoms with Gasteiger partial charge in [0.1, 0.15) is 24.2 Å². The average molecular weight is 485 g/mol. The number of rotatable bonds is 3. The van der Waals surface area contributed by atoms with Crippen LogP contribution in [-0.2, 0) is 4.74 Å². The largest absolute Gasteiger partial charge is 0.480 e. The normalized spacial score (nSPS) is 18.0. The first-order valence-electron chi connectivity index (χ1n) is 11.2. The molecule has 0 amide bonds. The summed E-state index contributed by atoms with van der Waals surface area (Å²) in [6, 6.07) is 20.9. The number of carbonyl (C=O) groups excluding carboxylic acids is 1. The standard InChI is InChI=1S/C27H21ClN4O3/c1-15-5-3-4-6-19(15)24-22-23(31-27-29-14-30-32(24)27)20-13-18(28)11-12-21(20)35-25(22)16-7-9-17(10-8-16)26(33)34-2/h3-14,24-25H,1-2H3,(H,29,30,31)/t24-,25+/m0/s1. The second-order valence-electron chi connectivity index (χ2n) is 8.49. The molecule has 1 N–H and O–H groups in total. The van der Waals surface area contributed by atoms with Gasteiger partial charge in [0, 0.05) is 16.2 Å². The fourth-order valence-corrected chi connectivity index (χ4v) is 4.99. The highest BCUT2D eigenvalue weighted by Gasteiger charge is 2.41. The van der Waals surface area contributed by atoms with E-state index in [1.165, 1.54) is 7.11 Å². The van der Waals surface area contributed by atoms with Crippen molar-refractivity contribution >= 4 is 29.2 Å². The molecule has 3 heterocycles. The van der Waals surface area contributed by atoms with E-state index in [0.717, 1.165) is 33.5 Å². The molecule has 4 aromatic rings. The zero-order chi connectivity index (χ0) is 24.1. The van der Waals surface area contributed by atoms with Crippen LogP contribution in [0.15, 0.2) is 78.6 Å². The maximum atomic E-state index is 12.0. The molecule has 174 valence electrons. The fraction of sp³-hybridized carbons (Fsp3) is 0.148. The summed E-state index contributed by atoms with van der Waals surface area (Å²) in [7, 11) is 1.37. The summed E-state index contributed by atoms with van der Waals surface area (Å²) >= 11 is 6.40. The number of halogens is 1. The molecule has 0 saturated heterocycles. The lowest BCUT2D eigenvalue weighted by Crippen LogP contribution is -2.32. The summed E-state index contributed by atoms with van der Waals surface area (Å²) in [4.78, 5) is 16.5. The smallest absolute Gasteiger partial charge is 0.337 e. The molecule has 0 aliphatic carbocycles. The van der Waals surface area contributed by atoms with Crippen LogP contribution in [0.4, 0.5) is 5.95 Å². The molecule has 0 saturated carbocycles. The summed E-state index contributed by atoms with van der Waals surface area (Å²) in [6.45, 7) is 2.09. The number of anilines is 1. The highest BCUT2D eigenvalue weighted by molar-refractivity contribution is 6.30. The summed E-state index contributed by atoms with van der Waals surface area (Å²) in [5.41, 5.74) is 6.34. The van der Waals surface area contributed by atoms with Gasteiger partial charge in [-0.3, -0.25) is 0 Å². The van der Waals surface area contributed by atoms with Gasteiger partial charge in [0.05, 0.1) is 18.4 Å². The molecule has 0 bridgehead atoms. The average Bonchev–Trinajstić information content (AvgIpc) is 3.36. The third-order valence-electron chi connectivity index (χ3n) is 6.49. The molecular weight excluding hydrogens is 464 g/mol. The Kier molecular flexibility index (Phi) is 5.07. The first-order chi connectivity index (χ1) is 17.0. The van der Waals surface area contributed by atoms with Crippen molar-refractivity contribution in [1.82, 2.24) is 14.8 Å². The number of hydrogen-bond acceptors (Lipinski definition) is 6. The maximum absolute atomic E-state index is 12.0. The van der Waals surface area contributed by atoms with Crippen molar-refractivity contribution in [2.75, 3.05) is 12.4 Å². The van der Waals surface area contributed by atoms with Gasteiger partial charge in [0.15, 0.2) is 0 Å². The predicted octanol–water partition coefficient (Wildman–Crippen LogP) is 5.59. The maximum Gasteiger partial charge on any atom is 0.337 e. The van der Waals surface area contributed by atoms with Crippen molar-refractivity contribution in [1.29, 1.82) is 0 Å². The van der Waals surface area contributed by atoms with Crippen LogP contribution in [0.5, 0.6) is 5.75 Å². The molecule has 35 heavy (non-hydrogen) atoms. The number of fused-ring (bicyclic) bond motifs is 3. The van der Waals surface area contributed by atoms with Crippen LogP contribution < -0.4 is 10.1 Å². The predicted molar refractivity (Wildman–Crippen MR) is 132 cm³/mol. The Morgan fingerprint density at radius 2 is 1.91 bits per heavy atom. The number of carbonyl (C=O) groups is 1. The molecule has 2 aliphatic heterocycles. The van der Waals surface area contributed by atoms with E-state index in [4.69, 9.17) is 21.1 Å². The molecule has 0 radical (unpaired) electrons. The molecule has 0 fully saturated rings. The Hall–Kier alpha value is -4.10. The van der Waals surface area contributed by atoms with E-state index in [1.807, 2.05) is 47.1 Å². The number of nitrogens with zero attached hydrogens (tertiary/aromatic N) is 3. The van der Waals surface area contributed by atoms with Crippen molar-refractivity contribution in [3.05, 3.63) is 111 Å². The number of hydrogen-bond donors (Lipinski definition) is 1. The lowest BCUT2D eigenvalue weighted by atomic mass is 9.83. The van der Waals surface area contributed by atoms with E-state index in [-0.39, 0.29) is 12.0 Å². The monoisotopic (exact) mass is 484 g/mol. The van der Waals surface area contributed by atoms with Gasteiger partial charge in [0.2, 0.25) is 5.95 Å². The minimum Gasteiger partial charge on any atom is -0.480 e. The van der Waals surface area contributed by atoms with Crippen molar-refractivity contribution < 1.29 is 14.3 Å². The zero-order valence-electron chi connectivity index (χ0n) is 19.0. The molecule has 0 unspecified atom stereocenters. The van der Waals surface area contributed by atoms with Gasteiger partial charge in [-0.25, -0.2) is 9.48 Å². The number of ether oxygens (including phenoxy) is 2. The Bertz CT molecular complexity index is 1490. The van der Waals surface area contributed by atoms with E-state index >= 15 is 0 Å². The molecule has 2 atom stereocenters. The van der Waals surface area contributed by atoms with Crippen LogP contribution in [0.1, 0.15) is 44.8 Å². The quantitative estimate of drug-likeness (QED) is 0.382. The number of aromatic nitrogens is 3. The molecule has 3 aromatic carbocycles. The third-order valence-corrected chi connectivity index (χ3v) is 6.73. The Morgan fingerprint density at radius 3 is 2.69 bits per heavy atom. The molecule has 6 rings (SSSR count). The number of esters is 1. The summed E-state index contributed by atoms with van der Waals surface area (Å²) in [6.07, 6.45) is 1.10. The highest BCUT2D eigenvalue weighted by Crippen LogP contribution is 2.51. The molecule has 2 aliphatic rings. The SMILES string of the molecule is COC(=O)c1ccc([C@H]2Oc3ccc(Cl)cc3C3=C2[C@H](c2ccccc2C)n2ncnc2N3)cc1. The van der Waals surface area contributed by atoms with E-state index in [2.05, 4.69) is 34.5 Å². The number of methoxy groups -OCH3 is 1. The molecule has 7 nitrogen and oxygen atoms in total. The van der Waals surface area contributed by atoms with Gasteiger partial charge in [-0.15, -0.1) is 0 Å². The first-order valence-corrected chi connectivity index (χ1v) is 11.5. The Labute approximate surface area is 207 Å². The number of nitrogens with one attached hydrogen (secondary N) is 1. The van der Waals surface area contributed by atoms with Crippen molar-refractivity contribution in [2.45, 2.75) is 19.1 Å². The Morgan fingerprint density at radius 1 is 1.11 bits per heavy atom. The van der Waals surface area contributed by atoms with Gasteiger partial charge in [-0.1, -0.05) is 48.0 Å². The first kappa shape index (κ1) is 21.4. The van der Waals surface area contributed by atoms with E-state index in [1.54, 1.807) is 18.5 Å². The van der Waals surface area contributed by atoms with Crippen molar-refractivity contribution in [2.24, 2.45) is 0 Å². The van der Waals surface area contributed by atoms with Gasteiger partial charge >= 0.3 is 5.97 Å². The van der Waals surface area contributed by atoms with Crippen LogP contribution in [0.25, 0.3) is 5.70 Å². The van der Waals surface area contributed by atoms with Crippen LogP contribution in [0, 0.1) is 6.92 Å². The number of aryl methyl sites for hydroxylation is 1. The number of benzene rings is 3. The van der Waals surface area contributed by atoms with Crippen molar-refractivity contribution in [3.8, 4) is 5.75 Å².